The monoisotopic (exact) mass is 450 g/mol. The highest BCUT2D eigenvalue weighted by molar-refractivity contribution is 6.01. The molecule has 1 atom stereocenters. The summed E-state index contributed by atoms with van der Waals surface area (Å²) in [6.07, 6.45) is -0.273. The van der Waals surface area contributed by atoms with E-state index in [2.05, 4.69) is 0 Å². The molecule has 1 aliphatic heterocycles. The Bertz CT molecular complexity index is 1280. The number of carbonyl (C=O) groups excluding carboxylic acids is 1. The van der Waals surface area contributed by atoms with Gasteiger partial charge in [0.25, 0.3) is 5.56 Å². The maximum Gasteiger partial charge on any atom is 0.332 e. The van der Waals surface area contributed by atoms with Gasteiger partial charge in [0.1, 0.15) is 24.1 Å². The van der Waals surface area contributed by atoms with Crippen molar-refractivity contribution in [2.45, 2.75) is 12.6 Å². The first-order valence-corrected chi connectivity index (χ1v) is 10.6. The zero-order valence-electron chi connectivity index (χ0n) is 18.6. The third kappa shape index (κ3) is 4.68. The lowest BCUT2D eigenvalue weighted by Gasteiger charge is -2.29. The second-order valence-corrected chi connectivity index (χ2v) is 8.10. The third-order valence-corrected chi connectivity index (χ3v) is 5.54. The highest BCUT2D eigenvalue weighted by atomic mass is 16.6. The van der Waals surface area contributed by atoms with E-state index in [9.17, 15) is 14.4 Å². The largest absolute Gasteiger partial charge is 0.486 e. The lowest BCUT2D eigenvalue weighted by atomic mass is 10.1. The minimum absolute atomic E-state index is 0.0650. The number of Topliss-reactive ketones (excluding diaryl/α,β-unsaturated/α-hetero) is 1. The fourth-order valence-corrected chi connectivity index (χ4v) is 3.85. The molecule has 0 saturated heterocycles. The third-order valence-electron chi connectivity index (χ3n) is 5.54. The van der Waals surface area contributed by atoms with Gasteiger partial charge in [0.05, 0.1) is 13.1 Å². The summed E-state index contributed by atoms with van der Waals surface area (Å²) in [5.41, 5.74) is 5.55. The van der Waals surface area contributed by atoms with Gasteiger partial charge in [-0.2, -0.15) is 0 Å². The second-order valence-electron chi connectivity index (χ2n) is 8.10. The molecule has 0 radical (unpaired) electrons. The molecule has 2 aromatic carbocycles. The molecule has 0 fully saturated rings. The van der Waals surface area contributed by atoms with Gasteiger partial charge in [0.15, 0.2) is 17.3 Å². The number of carbonyl (C=O) groups is 1. The Morgan fingerprint density at radius 3 is 2.48 bits per heavy atom. The Morgan fingerprint density at radius 1 is 1.09 bits per heavy atom. The zero-order chi connectivity index (χ0) is 23.5. The van der Waals surface area contributed by atoms with Crippen LogP contribution in [0.15, 0.2) is 64.2 Å². The van der Waals surface area contributed by atoms with Gasteiger partial charge in [0.2, 0.25) is 0 Å². The number of nitrogens with zero attached hydrogens (tertiary/aromatic N) is 3. The van der Waals surface area contributed by atoms with E-state index in [1.165, 1.54) is 11.6 Å². The minimum atomic E-state index is -0.702. The quantitative estimate of drug-likeness (QED) is 0.538. The second kappa shape index (κ2) is 9.33. The van der Waals surface area contributed by atoms with E-state index in [1.54, 1.807) is 11.9 Å². The number of para-hydroxylation sites is 2. The van der Waals surface area contributed by atoms with Crippen LogP contribution in [0.3, 0.4) is 0 Å². The predicted octanol–water partition coefficient (Wildman–Crippen LogP) is 1.13. The van der Waals surface area contributed by atoms with Crippen LogP contribution in [0.25, 0.3) is 0 Å². The van der Waals surface area contributed by atoms with E-state index < -0.39 is 17.0 Å². The first kappa shape index (κ1) is 22.3. The topological polar surface area (TPSA) is 109 Å². The smallest absolute Gasteiger partial charge is 0.332 e. The van der Waals surface area contributed by atoms with Gasteiger partial charge >= 0.3 is 5.69 Å². The summed E-state index contributed by atoms with van der Waals surface area (Å²) in [6.45, 7) is 0.845. The Labute approximate surface area is 190 Å². The molecular weight excluding hydrogens is 424 g/mol. The van der Waals surface area contributed by atoms with Crippen molar-refractivity contribution >= 4 is 11.6 Å². The van der Waals surface area contributed by atoms with Crippen LogP contribution in [-0.2, 0) is 13.6 Å². The van der Waals surface area contributed by atoms with Crippen molar-refractivity contribution in [2.75, 3.05) is 32.5 Å². The van der Waals surface area contributed by atoms with Crippen molar-refractivity contribution in [3.05, 3.63) is 86.6 Å². The van der Waals surface area contributed by atoms with E-state index in [-0.39, 0.29) is 30.6 Å². The van der Waals surface area contributed by atoms with Crippen molar-refractivity contribution in [2.24, 2.45) is 7.05 Å². The van der Waals surface area contributed by atoms with Crippen molar-refractivity contribution < 1.29 is 14.3 Å². The van der Waals surface area contributed by atoms with Gasteiger partial charge in [-0.05, 0) is 24.7 Å². The Hall–Kier alpha value is -3.85. The molecule has 33 heavy (non-hydrogen) atoms. The van der Waals surface area contributed by atoms with E-state index in [0.717, 1.165) is 10.1 Å². The average molecular weight is 450 g/mol. The van der Waals surface area contributed by atoms with Gasteiger partial charge < -0.3 is 15.2 Å². The van der Waals surface area contributed by atoms with E-state index in [0.29, 0.717) is 24.7 Å². The highest BCUT2D eigenvalue weighted by Crippen LogP contribution is 2.30. The molecule has 0 saturated carbocycles. The number of nitrogen functional groups attached to an aromatic ring is 1. The molecular formula is C24H26N4O5. The number of hydrogen-bond donors (Lipinski definition) is 1. The molecule has 0 spiro atoms. The lowest BCUT2D eigenvalue weighted by molar-refractivity contribution is 0.0623. The number of likely N-dealkylation sites (N-methyl/N-ethyl adjacent to an activating group) is 1. The molecule has 9 heteroatoms. The fourth-order valence-electron chi connectivity index (χ4n) is 3.85. The summed E-state index contributed by atoms with van der Waals surface area (Å²) < 4.78 is 13.8. The van der Waals surface area contributed by atoms with E-state index >= 15 is 0 Å². The van der Waals surface area contributed by atoms with Crippen LogP contribution < -0.4 is 26.5 Å². The molecule has 4 rings (SSSR count). The number of anilines is 1. The number of benzene rings is 2. The molecule has 1 aromatic heterocycles. The first-order chi connectivity index (χ1) is 15.8. The summed E-state index contributed by atoms with van der Waals surface area (Å²) in [5, 5.41) is 0. The molecule has 2 N–H and O–H groups in total. The zero-order valence-corrected chi connectivity index (χ0v) is 18.6. The number of nitrogens with two attached hydrogens (primary N) is 1. The number of aromatic nitrogens is 2. The van der Waals surface area contributed by atoms with Crippen LogP contribution in [-0.4, -0.2) is 52.7 Å². The van der Waals surface area contributed by atoms with E-state index in [1.807, 2.05) is 54.6 Å². The normalized spacial score (nSPS) is 14.9. The molecule has 9 nitrogen and oxygen atoms in total. The Morgan fingerprint density at radius 2 is 1.76 bits per heavy atom. The maximum absolute atomic E-state index is 13.1. The molecule has 0 aliphatic carbocycles. The number of ketones is 1. The van der Waals surface area contributed by atoms with E-state index in [4.69, 9.17) is 15.2 Å². The summed E-state index contributed by atoms with van der Waals surface area (Å²) in [7, 11) is 3.10. The highest BCUT2D eigenvalue weighted by Gasteiger charge is 2.26. The fraction of sp³-hybridized carbons (Fsp3) is 0.292. The van der Waals surface area contributed by atoms with Gasteiger partial charge in [-0.25, -0.2) is 4.79 Å². The molecule has 0 amide bonds. The number of rotatable bonds is 7. The van der Waals surface area contributed by atoms with Crippen LogP contribution in [0, 0.1) is 0 Å². The average Bonchev–Trinajstić information content (AvgIpc) is 2.81. The van der Waals surface area contributed by atoms with Gasteiger partial charge in [-0.15, -0.1) is 0 Å². The van der Waals surface area contributed by atoms with Crippen molar-refractivity contribution in [1.82, 2.24) is 14.0 Å². The SMILES string of the molecule is CN(CC(=O)c1c(N)n(Cc2ccccc2)c(=O)n(C)c1=O)C[C@H]1COc2ccccc2O1. The molecule has 0 bridgehead atoms. The molecule has 172 valence electrons. The maximum atomic E-state index is 13.1. The molecule has 0 unspecified atom stereocenters. The number of ether oxygens (including phenoxy) is 2. The molecule has 1 aliphatic rings. The van der Waals surface area contributed by atoms with Crippen LogP contribution in [0.1, 0.15) is 15.9 Å². The van der Waals surface area contributed by atoms with Crippen molar-refractivity contribution in [1.29, 1.82) is 0 Å². The van der Waals surface area contributed by atoms with Crippen LogP contribution in [0.5, 0.6) is 11.5 Å². The minimum Gasteiger partial charge on any atom is -0.486 e. The van der Waals surface area contributed by atoms with Crippen LogP contribution >= 0.6 is 0 Å². The summed E-state index contributed by atoms with van der Waals surface area (Å²) in [4.78, 5) is 40.2. The standard InChI is InChI=1S/C24H26N4O5/c1-26(13-17-15-32-19-10-6-7-11-20(19)33-17)14-18(29)21-22(25)28(24(31)27(2)23(21)30)12-16-8-4-3-5-9-16/h3-11,17H,12-15,25H2,1-2H3/t17-/m0/s1. The summed E-state index contributed by atoms with van der Waals surface area (Å²) in [6, 6.07) is 16.6. The number of fused-ring (bicyclic) bond motifs is 1. The predicted molar refractivity (Wildman–Crippen MR) is 124 cm³/mol. The Balaban J connectivity index is 1.52. The summed E-state index contributed by atoms with van der Waals surface area (Å²) >= 11 is 0. The van der Waals surface area contributed by atoms with Crippen LogP contribution in [0.4, 0.5) is 5.82 Å². The van der Waals surface area contributed by atoms with Crippen LogP contribution in [0.2, 0.25) is 0 Å². The Kier molecular flexibility index (Phi) is 6.32. The van der Waals surface area contributed by atoms with Gasteiger partial charge in [0, 0.05) is 13.6 Å². The van der Waals surface area contributed by atoms with Gasteiger partial charge in [-0.1, -0.05) is 42.5 Å². The first-order valence-electron chi connectivity index (χ1n) is 10.6. The lowest BCUT2D eigenvalue weighted by Crippen LogP contribution is -2.45. The number of hydrogen-bond acceptors (Lipinski definition) is 7. The molecule has 2 heterocycles. The summed E-state index contributed by atoms with van der Waals surface area (Å²) in [5.74, 6) is 0.745. The molecule has 3 aromatic rings. The van der Waals surface area contributed by atoms with Crippen molar-refractivity contribution in [3.8, 4) is 11.5 Å². The van der Waals surface area contributed by atoms with Crippen molar-refractivity contribution in [3.63, 3.8) is 0 Å². The van der Waals surface area contributed by atoms with Gasteiger partial charge in [-0.3, -0.25) is 23.6 Å².